The number of hydrogen-bond acceptors (Lipinski definition) is 5. The number of nitrogens with one attached hydrogen (secondary N) is 2. The molecule has 0 bridgehead atoms. The van der Waals surface area contributed by atoms with Crippen LogP contribution in [0.15, 0.2) is 30.9 Å². The van der Waals surface area contributed by atoms with Gasteiger partial charge in [0.1, 0.15) is 12.1 Å². The van der Waals surface area contributed by atoms with Crippen LogP contribution in [0.5, 0.6) is 0 Å². The Morgan fingerprint density at radius 3 is 2.89 bits per heavy atom. The minimum absolute atomic E-state index is 0.0389. The predicted molar refractivity (Wildman–Crippen MR) is 94.9 cm³/mol. The van der Waals surface area contributed by atoms with Gasteiger partial charge < -0.3 is 10.6 Å². The van der Waals surface area contributed by atoms with Crippen LogP contribution in [0.3, 0.4) is 0 Å². The number of piperidine rings is 1. The average molecular weight is 372 g/mol. The number of aromatic nitrogens is 4. The minimum atomic E-state index is -0.960. The lowest BCUT2D eigenvalue weighted by molar-refractivity contribution is -0.123. The van der Waals surface area contributed by atoms with Crippen molar-refractivity contribution < 1.29 is 13.6 Å². The largest absolute Gasteiger partial charge is 0.364 e. The Morgan fingerprint density at radius 1 is 1.30 bits per heavy atom. The summed E-state index contributed by atoms with van der Waals surface area (Å²) in [5.41, 5.74) is 1.18. The molecular weight excluding hydrogens is 354 g/mol. The highest BCUT2D eigenvalue weighted by atomic mass is 19.2. The van der Waals surface area contributed by atoms with Crippen LogP contribution in [0.1, 0.15) is 31.4 Å². The number of carbonyl (C=O) groups excluding carboxylic acids is 1. The molecule has 3 heterocycles. The van der Waals surface area contributed by atoms with Crippen molar-refractivity contribution in [2.75, 3.05) is 5.32 Å². The molecule has 0 saturated carbocycles. The molecule has 2 aromatic heterocycles. The van der Waals surface area contributed by atoms with E-state index >= 15 is 0 Å². The van der Waals surface area contributed by atoms with Gasteiger partial charge in [-0.25, -0.2) is 18.7 Å². The van der Waals surface area contributed by atoms with E-state index < -0.39 is 11.6 Å². The molecule has 1 aromatic carbocycles. The van der Waals surface area contributed by atoms with Crippen molar-refractivity contribution >= 4 is 22.6 Å². The molecule has 0 radical (unpaired) electrons. The Morgan fingerprint density at radius 2 is 2.11 bits per heavy atom. The van der Waals surface area contributed by atoms with Crippen molar-refractivity contribution in [1.29, 1.82) is 0 Å². The molecule has 3 aromatic rings. The monoisotopic (exact) mass is 372 g/mol. The number of rotatable bonds is 4. The highest BCUT2D eigenvalue weighted by molar-refractivity contribution is 5.89. The molecule has 4 rings (SSSR count). The van der Waals surface area contributed by atoms with Gasteiger partial charge in [-0.15, -0.1) is 0 Å². The summed E-state index contributed by atoms with van der Waals surface area (Å²) in [4.78, 5) is 20.1. The zero-order chi connectivity index (χ0) is 19.0. The number of carbonyl (C=O) groups is 1. The van der Waals surface area contributed by atoms with E-state index in [9.17, 15) is 13.6 Å². The maximum atomic E-state index is 13.7. The van der Waals surface area contributed by atoms with Gasteiger partial charge >= 0.3 is 0 Å². The van der Waals surface area contributed by atoms with Gasteiger partial charge in [0.2, 0.25) is 5.91 Å². The first-order valence-electron chi connectivity index (χ1n) is 8.73. The van der Waals surface area contributed by atoms with Crippen molar-refractivity contribution in [3.63, 3.8) is 0 Å². The molecule has 1 fully saturated rings. The quantitative estimate of drug-likeness (QED) is 0.735. The number of anilines is 1. The van der Waals surface area contributed by atoms with Gasteiger partial charge in [0.25, 0.3) is 0 Å². The number of benzene rings is 1. The average Bonchev–Trinajstić information content (AvgIpc) is 3.14. The van der Waals surface area contributed by atoms with Crippen molar-refractivity contribution in [3.05, 3.63) is 48.1 Å². The van der Waals surface area contributed by atoms with Gasteiger partial charge in [0, 0.05) is 36.2 Å². The van der Waals surface area contributed by atoms with E-state index in [1.165, 1.54) is 6.33 Å². The van der Waals surface area contributed by atoms with Crippen molar-refractivity contribution in [2.24, 2.45) is 0 Å². The fourth-order valence-corrected chi connectivity index (χ4v) is 3.33. The lowest BCUT2D eigenvalue weighted by atomic mass is 9.93. The molecule has 0 spiro atoms. The molecule has 2 atom stereocenters. The summed E-state index contributed by atoms with van der Waals surface area (Å²) >= 11 is 0. The molecule has 0 aliphatic carbocycles. The lowest BCUT2D eigenvalue weighted by Crippen LogP contribution is -2.45. The number of amides is 1. The number of nitrogens with zero attached hydrogens (tertiary/aromatic N) is 4. The number of hydrogen-bond donors (Lipinski definition) is 2. The molecule has 27 heavy (non-hydrogen) atoms. The molecule has 1 aliphatic heterocycles. The van der Waals surface area contributed by atoms with Gasteiger partial charge in [-0.2, -0.15) is 5.10 Å². The maximum absolute atomic E-state index is 13.7. The summed E-state index contributed by atoms with van der Waals surface area (Å²) in [7, 11) is 0. The number of aryl methyl sites for hydroxylation is 1. The van der Waals surface area contributed by atoms with E-state index in [0.29, 0.717) is 29.6 Å². The third-order valence-electron chi connectivity index (χ3n) is 4.74. The van der Waals surface area contributed by atoms with E-state index in [0.717, 1.165) is 24.2 Å². The standard InChI is InChI=1S/C18H18F2N6O/c1-2-26-8-10(7-23-26)17-14(3-4-16(27)25-17)24-18-11-5-12(19)13(20)6-15(11)21-9-22-18/h5-9,14,17H,2-4H2,1H3,(H,25,27)(H,21,22,24)/t14-,17+/m1/s1. The topological polar surface area (TPSA) is 84.7 Å². The molecule has 1 amide bonds. The Hall–Kier alpha value is -3.10. The molecule has 7 nitrogen and oxygen atoms in total. The van der Waals surface area contributed by atoms with Crippen LogP contribution in [-0.2, 0) is 11.3 Å². The molecule has 1 saturated heterocycles. The molecule has 1 aliphatic rings. The summed E-state index contributed by atoms with van der Waals surface area (Å²) in [5.74, 6) is -1.56. The second-order valence-electron chi connectivity index (χ2n) is 6.47. The molecule has 140 valence electrons. The van der Waals surface area contributed by atoms with Gasteiger partial charge in [-0.1, -0.05) is 0 Å². The minimum Gasteiger partial charge on any atom is -0.364 e. The van der Waals surface area contributed by atoms with E-state index in [4.69, 9.17) is 0 Å². The maximum Gasteiger partial charge on any atom is 0.220 e. The third kappa shape index (κ3) is 3.32. The van der Waals surface area contributed by atoms with Crippen LogP contribution in [0, 0.1) is 11.6 Å². The Labute approximate surface area is 153 Å². The van der Waals surface area contributed by atoms with E-state index in [2.05, 4.69) is 25.7 Å². The fourth-order valence-electron chi connectivity index (χ4n) is 3.33. The highest BCUT2D eigenvalue weighted by Gasteiger charge is 2.31. The number of fused-ring (bicyclic) bond motifs is 1. The van der Waals surface area contributed by atoms with Gasteiger partial charge in [-0.3, -0.25) is 9.48 Å². The van der Waals surface area contributed by atoms with Crippen LogP contribution < -0.4 is 10.6 Å². The van der Waals surface area contributed by atoms with E-state index in [1.807, 2.05) is 13.1 Å². The SMILES string of the molecule is CCn1cc([C@@H]2NC(=O)CC[C@H]2Nc2ncnc3cc(F)c(F)cc23)cn1. The van der Waals surface area contributed by atoms with Gasteiger partial charge in [-0.05, 0) is 19.4 Å². The normalized spacial score (nSPS) is 19.9. The molecular formula is C18H18F2N6O. The fraction of sp³-hybridized carbons (Fsp3) is 0.333. The third-order valence-corrected chi connectivity index (χ3v) is 4.74. The predicted octanol–water partition coefficient (Wildman–Crippen LogP) is 2.56. The first kappa shape index (κ1) is 17.3. The second-order valence-corrected chi connectivity index (χ2v) is 6.47. The van der Waals surface area contributed by atoms with Gasteiger partial charge in [0.15, 0.2) is 11.6 Å². The Bertz CT molecular complexity index is 1000. The molecule has 2 N–H and O–H groups in total. The summed E-state index contributed by atoms with van der Waals surface area (Å²) in [6, 6.07) is 1.65. The summed E-state index contributed by atoms with van der Waals surface area (Å²) in [5, 5.41) is 10.9. The zero-order valence-electron chi connectivity index (χ0n) is 14.6. The summed E-state index contributed by atoms with van der Waals surface area (Å²) < 4.78 is 29.0. The molecule has 0 unspecified atom stereocenters. The summed E-state index contributed by atoms with van der Waals surface area (Å²) in [6.07, 6.45) is 5.85. The van der Waals surface area contributed by atoms with E-state index in [1.54, 1.807) is 10.9 Å². The molecule has 9 heteroatoms. The van der Waals surface area contributed by atoms with Crippen molar-refractivity contribution in [1.82, 2.24) is 25.1 Å². The van der Waals surface area contributed by atoms with Crippen molar-refractivity contribution in [2.45, 2.75) is 38.4 Å². The Kier molecular flexibility index (Phi) is 4.43. The van der Waals surface area contributed by atoms with Crippen molar-refractivity contribution in [3.8, 4) is 0 Å². The first-order valence-corrected chi connectivity index (χ1v) is 8.73. The van der Waals surface area contributed by atoms with Gasteiger partial charge in [0.05, 0.1) is 23.8 Å². The zero-order valence-corrected chi connectivity index (χ0v) is 14.6. The first-order chi connectivity index (χ1) is 13.0. The van der Waals surface area contributed by atoms with Crippen LogP contribution >= 0.6 is 0 Å². The van der Waals surface area contributed by atoms with E-state index in [-0.39, 0.29) is 18.0 Å². The smallest absolute Gasteiger partial charge is 0.220 e. The highest BCUT2D eigenvalue weighted by Crippen LogP contribution is 2.29. The second kappa shape index (κ2) is 6.90. The van der Waals surface area contributed by atoms with Crippen LogP contribution in [-0.4, -0.2) is 31.7 Å². The van der Waals surface area contributed by atoms with Crippen LogP contribution in [0.25, 0.3) is 10.9 Å². The number of halogens is 2. The Balaban J connectivity index is 1.68. The summed E-state index contributed by atoms with van der Waals surface area (Å²) in [6.45, 7) is 2.70. The van der Waals surface area contributed by atoms with Crippen LogP contribution in [0.4, 0.5) is 14.6 Å². The van der Waals surface area contributed by atoms with Crippen LogP contribution in [0.2, 0.25) is 0 Å². The lowest BCUT2D eigenvalue weighted by Gasteiger charge is -2.32.